The van der Waals surface area contributed by atoms with Crippen molar-refractivity contribution >= 4 is 27.5 Å². The molecule has 0 radical (unpaired) electrons. The van der Waals surface area contributed by atoms with Crippen molar-refractivity contribution in [2.24, 2.45) is 0 Å². The van der Waals surface area contributed by atoms with Crippen molar-refractivity contribution in [3.8, 4) is 0 Å². The molecule has 1 amide bonds. The lowest BCUT2D eigenvalue weighted by Gasteiger charge is -2.09. The second kappa shape index (κ2) is 10.2. The number of aromatic nitrogens is 3. The Labute approximate surface area is 162 Å². The van der Waals surface area contributed by atoms with E-state index in [0.717, 1.165) is 0 Å². The first kappa shape index (κ1) is 21.1. The Morgan fingerprint density at radius 3 is 2.74 bits per heavy atom. The lowest BCUT2D eigenvalue weighted by Crippen LogP contribution is -2.28. The van der Waals surface area contributed by atoms with E-state index < -0.39 is 9.84 Å². The molecule has 0 spiro atoms. The number of hydrogen-bond acceptors (Lipinski definition) is 7. The van der Waals surface area contributed by atoms with E-state index in [2.05, 4.69) is 22.1 Å². The molecular weight excluding hydrogens is 388 g/mol. The van der Waals surface area contributed by atoms with Crippen LogP contribution in [0.4, 0.5) is 0 Å². The summed E-state index contributed by atoms with van der Waals surface area (Å²) in [5.74, 6) is 0.00721. The highest BCUT2D eigenvalue weighted by Gasteiger charge is 2.21. The molecule has 8 nitrogen and oxygen atoms in total. The Hall–Kier alpha value is -2.17. The number of thioether (sulfide) groups is 1. The van der Waals surface area contributed by atoms with Crippen LogP contribution in [0.2, 0.25) is 0 Å². The van der Waals surface area contributed by atoms with Gasteiger partial charge in [-0.2, -0.15) is 0 Å². The third-order valence-electron chi connectivity index (χ3n) is 3.49. The Kier molecular flexibility index (Phi) is 8.01. The second-order valence-electron chi connectivity index (χ2n) is 5.50. The number of sulfone groups is 1. The highest BCUT2D eigenvalue weighted by Crippen LogP contribution is 2.20. The molecule has 0 aliphatic carbocycles. The van der Waals surface area contributed by atoms with Gasteiger partial charge in [0.05, 0.1) is 17.3 Å². The topological polar surface area (TPSA) is 103 Å². The second-order valence-corrected chi connectivity index (χ2v) is 8.43. The normalized spacial score (nSPS) is 11.3. The summed E-state index contributed by atoms with van der Waals surface area (Å²) in [6.07, 6.45) is 1.63. The first-order chi connectivity index (χ1) is 13.0. The molecule has 27 heavy (non-hydrogen) atoms. The van der Waals surface area contributed by atoms with Crippen molar-refractivity contribution in [2.45, 2.75) is 22.3 Å². The fourth-order valence-corrected chi connectivity index (χ4v) is 4.29. The summed E-state index contributed by atoms with van der Waals surface area (Å²) < 4.78 is 31.7. The zero-order valence-corrected chi connectivity index (χ0v) is 16.6. The molecule has 0 unspecified atom stereocenters. The number of amides is 1. The maximum absolute atomic E-state index is 12.6. The van der Waals surface area contributed by atoms with E-state index in [-0.39, 0.29) is 22.3 Å². The Morgan fingerprint density at radius 2 is 2.07 bits per heavy atom. The van der Waals surface area contributed by atoms with Gasteiger partial charge in [-0.05, 0) is 12.1 Å². The van der Waals surface area contributed by atoms with E-state index in [9.17, 15) is 13.2 Å². The fourth-order valence-electron chi connectivity index (χ4n) is 2.20. The summed E-state index contributed by atoms with van der Waals surface area (Å²) >= 11 is 1.19. The molecule has 1 heterocycles. The molecule has 0 atom stereocenters. The van der Waals surface area contributed by atoms with Gasteiger partial charge >= 0.3 is 0 Å². The third-order valence-corrected chi connectivity index (χ3v) is 6.08. The number of benzene rings is 1. The number of rotatable bonds is 11. The van der Waals surface area contributed by atoms with Crippen molar-refractivity contribution in [3.05, 3.63) is 48.8 Å². The molecule has 1 aromatic carbocycles. The van der Waals surface area contributed by atoms with Crippen LogP contribution < -0.4 is 5.32 Å². The van der Waals surface area contributed by atoms with Gasteiger partial charge in [-0.3, -0.25) is 4.79 Å². The van der Waals surface area contributed by atoms with Crippen LogP contribution in [0.1, 0.15) is 5.82 Å². The van der Waals surface area contributed by atoms with Crippen LogP contribution in [-0.4, -0.2) is 55.1 Å². The van der Waals surface area contributed by atoms with Gasteiger partial charge in [0.2, 0.25) is 5.91 Å². The summed E-state index contributed by atoms with van der Waals surface area (Å²) in [5, 5.41) is 11.2. The number of hydrogen-bond donors (Lipinski definition) is 1. The summed E-state index contributed by atoms with van der Waals surface area (Å²) in [4.78, 5) is 12.0. The molecule has 2 rings (SSSR count). The van der Waals surface area contributed by atoms with E-state index in [0.29, 0.717) is 30.7 Å². The smallest absolute Gasteiger partial charge is 0.230 e. The monoisotopic (exact) mass is 410 g/mol. The zero-order valence-electron chi connectivity index (χ0n) is 15.0. The Bertz CT molecular complexity index is 866. The maximum Gasteiger partial charge on any atom is 0.230 e. The van der Waals surface area contributed by atoms with Gasteiger partial charge < -0.3 is 14.6 Å². The highest BCUT2D eigenvalue weighted by atomic mass is 32.2. The molecule has 0 aliphatic rings. The third kappa shape index (κ3) is 6.19. The average Bonchev–Trinajstić information content (AvgIpc) is 3.02. The van der Waals surface area contributed by atoms with E-state index in [1.165, 1.54) is 11.8 Å². The molecule has 0 aliphatic heterocycles. The molecule has 10 heteroatoms. The predicted molar refractivity (Wildman–Crippen MR) is 103 cm³/mol. The van der Waals surface area contributed by atoms with Crippen LogP contribution in [0, 0.1) is 0 Å². The van der Waals surface area contributed by atoms with Gasteiger partial charge in [-0.15, -0.1) is 16.8 Å². The molecule has 2 aromatic rings. The Morgan fingerprint density at radius 1 is 1.33 bits per heavy atom. The van der Waals surface area contributed by atoms with Crippen LogP contribution in [0.25, 0.3) is 0 Å². The van der Waals surface area contributed by atoms with Crippen molar-refractivity contribution in [2.75, 3.05) is 26.0 Å². The Balaban J connectivity index is 2.10. The quantitative estimate of drug-likeness (QED) is 0.338. The predicted octanol–water partition coefficient (Wildman–Crippen LogP) is 1.29. The first-order valence-electron chi connectivity index (χ1n) is 8.17. The first-order valence-corrected chi connectivity index (χ1v) is 10.8. The van der Waals surface area contributed by atoms with Crippen molar-refractivity contribution in [1.82, 2.24) is 20.1 Å². The standard InChI is InChI=1S/C17H22N4O4S2/c1-3-10-21-15(13-27(23,24)14-7-5-4-6-8-14)19-20-17(21)26-12-16(22)18-9-11-25-2/h3-8H,1,9-13H2,2H3,(H,18,22). The summed E-state index contributed by atoms with van der Waals surface area (Å²) in [5.41, 5.74) is 0. The number of ether oxygens (including phenoxy) is 1. The number of nitrogens with zero attached hydrogens (tertiary/aromatic N) is 3. The average molecular weight is 411 g/mol. The zero-order chi connectivity index (χ0) is 19.7. The highest BCUT2D eigenvalue weighted by molar-refractivity contribution is 7.99. The van der Waals surface area contributed by atoms with E-state index in [1.54, 1.807) is 48.1 Å². The molecular formula is C17H22N4O4S2. The number of carbonyl (C=O) groups is 1. The van der Waals surface area contributed by atoms with Gasteiger partial charge in [0, 0.05) is 20.2 Å². The number of allylic oxidation sites excluding steroid dienone is 1. The fraction of sp³-hybridized carbons (Fsp3) is 0.353. The van der Waals surface area contributed by atoms with Crippen LogP contribution >= 0.6 is 11.8 Å². The van der Waals surface area contributed by atoms with E-state index in [4.69, 9.17) is 4.74 Å². The van der Waals surface area contributed by atoms with Crippen molar-refractivity contribution in [1.29, 1.82) is 0 Å². The number of nitrogens with one attached hydrogen (secondary N) is 1. The molecule has 0 saturated carbocycles. The molecule has 0 saturated heterocycles. The van der Waals surface area contributed by atoms with Gasteiger partial charge in [-0.1, -0.05) is 36.0 Å². The van der Waals surface area contributed by atoms with E-state index in [1.807, 2.05) is 0 Å². The largest absolute Gasteiger partial charge is 0.383 e. The maximum atomic E-state index is 12.6. The van der Waals surface area contributed by atoms with Gasteiger partial charge in [0.1, 0.15) is 11.6 Å². The summed E-state index contributed by atoms with van der Waals surface area (Å²) in [7, 11) is -1.99. The number of methoxy groups -OCH3 is 1. The molecule has 0 bridgehead atoms. The van der Waals surface area contributed by atoms with Gasteiger partial charge in [0.15, 0.2) is 15.0 Å². The lowest BCUT2D eigenvalue weighted by molar-refractivity contribution is -0.118. The summed E-state index contributed by atoms with van der Waals surface area (Å²) in [6, 6.07) is 8.19. The molecule has 0 fully saturated rings. The molecule has 1 N–H and O–H groups in total. The van der Waals surface area contributed by atoms with E-state index >= 15 is 0 Å². The van der Waals surface area contributed by atoms with Crippen LogP contribution in [0.15, 0.2) is 53.0 Å². The van der Waals surface area contributed by atoms with Crippen molar-refractivity contribution in [3.63, 3.8) is 0 Å². The van der Waals surface area contributed by atoms with Crippen LogP contribution in [-0.2, 0) is 31.7 Å². The van der Waals surface area contributed by atoms with Crippen molar-refractivity contribution < 1.29 is 17.9 Å². The van der Waals surface area contributed by atoms with Gasteiger partial charge in [0.25, 0.3) is 0 Å². The summed E-state index contributed by atoms with van der Waals surface area (Å²) in [6.45, 7) is 4.90. The lowest BCUT2D eigenvalue weighted by atomic mass is 10.4. The van der Waals surface area contributed by atoms with Crippen LogP contribution in [0.5, 0.6) is 0 Å². The molecule has 1 aromatic heterocycles. The minimum Gasteiger partial charge on any atom is -0.383 e. The van der Waals surface area contributed by atoms with Crippen LogP contribution in [0.3, 0.4) is 0 Å². The number of carbonyl (C=O) groups excluding carboxylic acids is 1. The molecule has 146 valence electrons. The minimum atomic E-state index is -3.55. The minimum absolute atomic E-state index is 0.143. The van der Waals surface area contributed by atoms with Gasteiger partial charge in [-0.25, -0.2) is 8.42 Å². The SMILES string of the molecule is C=CCn1c(CS(=O)(=O)c2ccccc2)nnc1SCC(=O)NCCOC.